The molecule has 3 fully saturated rings. The van der Waals surface area contributed by atoms with Crippen LogP contribution in [0.5, 0.6) is 5.75 Å². The van der Waals surface area contributed by atoms with E-state index in [2.05, 4.69) is 25.9 Å². The number of methoxy groups -OCH3 is 1. The molecule has 0 aromatic carbocycles. The van der Waals surface area contributed by atoms with E-state index in [0.29, 0.717) is 48.0 Å². The molecule has 3 aliphatic rings. The summed E-state index contributed by atoms with van der Waals surface area (Å²) < 4.78 is 11.4. The summed E-state index contributed by atoms with van der Waals surface area (Å²) in [6.07, 6.45) is 6.88. The molecule has 0 radical (unpaired) electrons. The van der Waals surface area contributed by atoms with Crippen LogP contribution in [0.15, 0.2) is 24.7 Å². The lowest BCUT2D eigenvalue weighted by atomic mass is 9.90. The fourth-order valence-corrected chi connectivity index (χ4v) is 4.35. The zero-order valence-electron chi connectivity index (χ0n) is 19.0. The van der Waals surface area contributed by atoms with Gasteiger partial charge in [0.25, 0.3) is 5.91 Å². The highest BCUT2D eigenvalue weighted by Crippen LogP contribution is 2.43. The minimum atomic E-state index is -0.433. The van der Waals surface area contributed by atoms with Gasteiger partial charge in [0.1, 0.15) is 29.4 Å². The van der Waals surface area contributed by atoms with Crippen LogP contribution in [0.1, 0.15) is 29.6 Å². The van der Waals surface area contributed by atoms with Crippen LogP contribution in [0.3, 0.4) is 0 Å². The average molecular weight is 466 g/mol. The molecule has 11 nitrogen and oxygen atoms in total. The van der Waals surface area contributed by atoms with Gasteiger partial charge in [-0.3, -0.25) is 19.4 Å². The molecule has 1 aliphatic carbocycles. The Kier molecular flexibility index (Phi) is 5.56. The van der Waals surface area contributed by atoms with E-state index in [9.17, 15) is 14.4 Å². The van der Waals surface area contributed by atoms with Crippen LogP contribution in [0.2, 0.25) is 0 Å². The summed E-state index contributed by atoms with van der Waals surface area (Å²) in [5.41, 5.74) is 1.61. The van der Waals surface area contributed by atoms with Gasteiger partial charge in [-0.25, -0.2) is 4.98 Å². The molecule has 2 amide bonds. The molecule has 0 bridgehead atoms. The third-order valence-corrected chi connectivity index (χ3v) is 6.28. The Balaban J connectivity index is 1.41. The van der Waals surface area contributed by atoms with E-state index in [1.807, 2.05) is 4.90 Å². The van der Waals surface area contributed by atoms with Crippen LogP contribution in [0, 0.1) is 5.92 Å². The smallest absolute Gasteiger partial charge is 0.254 e. The molecule has 34 heavy (non-hydrogen) atoms. The van der Waals surface area contributed by atoms with Gasteiger partial charge in [-0.2, -0.15) is 0 Å². The van der Waals surface area contributed by atoms with Crippen LogP contribution in [0.25, 0.3) is 0 Å². The molecular formula is C23H26N6O5. The monoisotopic (exact) mass is 466 g/mol. The number of nitrogens with one attached hydrogen (secondary N) is 3. The maximum atomic E-state index is 12.5. The van der Waals surface area contributed by atoms with Crippen molar-refractivity contribution in [3.05, 3.63) is 30.2 Å². The maximum Gasteiger partial charge on any atom is 0.254 e. The quantitative estimate of drug-likeness (QED) is 0.555. The van der Waals surface area contributed by atoms with Crippen molar-refractivity contribution in [1.29, 1.82) is 0 Å². The number of ether oxygens (including phenoxy) is 2. The SMILES string of the molecule is CNC(=O)c1cnc(NC(=O)C2CC2)cc1Nc1cncc(N2CC3(CC(=O)CO3)C2)c1OC. The minimum absolute atomic E-state index is 0.0248. The highest BCUT2D eigenvalue weighted by Gasteiger charge is 2.50. The Hall–Kier alpha value is -3.73. The van der Waals surface area contributed by atoms with E-state index in [-0.39, 0.29) is 30.1 Å². The van der Waals surface area contributed by atoms with Gasteiger partial charge in [0.2, 0.25) is 5.91 Å². The highest BCUT2D eigenvalue weighted by molar-refractivity contribution is 6.01. The zero-order chi connectivity index (χ0) is 23.9. The Morgan fingerprint density at radius 2 is 2.00 bits per heavy atom. The number of aromatic nitrogens is 2. The van der Waals surface area contributed by atoms with E-state index in [1.54, 1.807) is 25.6 Å². The number of hydrogen-bond donors (Lipinski definition) is 3. The standard InChI is InChI=1S/C23H26N6O5/c1-24-22(32)15-7-26-19(28-21(31)13-3-4-13)5-16(15)27-17-8-25-9-18(20(17)33-2)29-11-23(12-29)6-14(30)10-34-23/h5,7-9,13H,3-4,6,10-12H2,1-2H3,(H,24,32)(H2,26,27,28,31). The van der Waals surface area contributed by atoms with Crippen molar-refractivity contribution in [3.63, 3.8) is 0 Å². The number of carbonyl (C=O) groups is 3. The maximum absolute atomic E-state index is 12.5. The second-order valence-electron chi connectivity index (χ2n) is 8.87. The fourth-order valence-electron chi connectivity index (χ4n) is 4.35. The lowest BCUT2D eigenvalue weighted by molar-refractivity contribution is -0.118. The lowest BCUT2D eigenvalue weighted by Crippen LogP contribution is -2.61. The van der Waals surface area contributed by atoms with Crippen molar-refractivity contribution < 1.29 is 23.9 Å². The molecule has 4 heterocycles. The number of nitrogens with zero attached hydrogens (tertiary/aromatic N) is 3. The third-order valence-electron chi connectivity index (χ3n) is 6.28. The first kappa shape index (κ1) is 22.1. The fraction of sp³-hybridized carbons (Fsp3) is 0.435. The summed E-state index contributed by atoms with van der Waals surface area (Å²) in [5, 5.41) is 8.63. The lowest BCUT2D eigenvalue weighted by Gasteiger charge is -2.48. The summed E-state index contributed by atoms with van der Waals surface area (Å²) >= 11 is 0. The second kappa shape index (κ2) is 8.56. The van der Waals surface area contributed by atoms with Crippen LogP contribution >= 0.6 is 0 Å². The molecule has 1 saturated carbocycles. The molecule has 0 atom stereocenters. The number of anilines is 4. The molecule has 3 N–H and O–H groups in total. The average Bonchev–Trinajstić information content (AvgIpc) is 3.59. The number of ketones is 1. The minimum Gasteiger partial charge on any atom is -0.492 e. The molecule has 2 saturated heterocycles. The van der Waals surface area contributed by atoms with Gasteiger partial charge in [0.05, 0.1) is 30.8 Å². The third kappa shape index (κ3) is 4.14. The summed E-state index contributed by atoms with van der Waals surface area (Å²) in [6, 6.07) is 1.62. The number of pyridine rings is 2. The Bertz CT molecular complexity index is 1160. The highest BCUT2D eigenvalue weighted by atomic mass is 16.5. The largest absolute Gasteiger partial charge is 0.492 e. The Morgan fingerprint density at radius 1 is 1.21 bits per heavy atom. The predicted molar refractivity (Wildman–Crippen MR) is 124 cm³/mol. The number of amides is 2. The summed E-state index contributed by atoms with van der Waals surface area (Å²) in [5.74, 6) is 0.624. The van der Waals surface area contributed by atoms with Crippen molar-refractivity contribution in [2.75, 3.05) is 49.4 Å². The number of rotatable bonds is 7. The van der Waals surface area contributed by atoms with Gasteiger partial charge in [-0.05, 0) is 12.8 Å². The summed E-state index contributed by atoms with van der Waals surface area (Å²) in [7, 11) is 3.09. The second-order valence-corrected chi connectivity index (χ2v) is 8.87. The zero-order valence-corrected chi connectivity index (χ0v) is 19.0. The topological polar surface area (TPSA) is 135 Å². The molecule has 5 rings (SSSR count). The van der Waals surface area contributed by atoms with Gasteiger partial charge in [-0.1, -0.05) is 0 Å². The van der Waals surface area contributed by atoms with Gasteiger partial charge >= 0.3 is 0 Å². The molecule has 2 aromatic heterocycles. The van der Waals surface area contributed by atoms with Gasteiger partial charge in [0.15, 0.2) is 11.5 Å². The molecular weight excluding hydrogens is 440 g/mol. The van der Waals surface area contributed by atoms with E-state index in [4.69, 9.17) is 9.47 Å². The molecule has 2 aliphatic heterocycles. The van der Waals surface area contributed by atoms with E-state index in [1.165, 1.54) is 13.2 Å². The van der Waals surface area contributed by atoms with E-state index in [0.717, 1.165) is 18.5 Å². The van der Waals surface area contributed by atoms with Gasteiger partial charge < -0.3 is 30.3 Å². The number of Topliss-reactive ketones (excluding diaryl/α,β-unsaturated/α-hetero) is 1. The first-order valence-corrected chi connectivity index (χ1v) is 11.1. The first-order chi connectivity index (χ1) is 16.4. The van der Waals surface area contributed by atoms with Crippen LogP contribution in [-0.4, -0.2) is 67.0 Å². The number of hydrogen-bond acceptors (Lipinski definition) is 9. The molecule has 11 heteroatoms. The summed E-state index contributed by atoms with van der Waals surface area (Å²) in [6.45, 7) is 1.29. The van der Waals surface area contributed by atoms with Gasteiger partial charge in [-0.15, -0.1) is 0 Å². The molecule has 1 spiro atoms. The normalized spacial score (nSPS) is 18.4. The molecule has 178 valence electrons. The van der Waals surface area contributed by atoms with Crippen molar-refractivity contribution >= 4 is 40.5 Å². The predicted octanol–water partition coefficient (Wildman–Crippen LogP) is 1.49. The Morgan fingerprint density at radius 3 is 2.65 bits per heavy atom. The first-order valence-electron chi connectivity index (χ1n) is 11.1. The molecule has 2 aromatic rings. The van der Waals surface area contributed by atoms with Crippen LogP contribution in [-0.2, 0) is 14.3 Å². The number of carbonyl (C=O) groups excluding carboxylic acids is 3. The van der Waals surface area contributed by atoms with Crippen molar-refractivity contribution in [2.45, 2.75) is 24.9 Å². The van der Waals surface area contributed by atoms with Crippen molar-refractivity contribution in [2.24, 2.45) is 5.92 Å². The van der Waals surface area contributed by atoms with Gasteiger partial charge in [0, 0.05) is 44.7 Å². The summed E-state index contributed by atoms with van der Waals surface area (Å²) in [4.78, 5) is 46.9. The van der Waals surface area contributed by atoms with Crippen LogP contribution in [0.4, 0.5) is 22.9 Å². The van der Waals surface area contributed by atoms with E-state index >= 15 is 0 Å². The van der Waals surface area contributed by atoms with Crippen molar-refractivity contribution in [3.8, 4) is 5.75 Å². The van der Waals surface area contributed by atoms with Crippen LogP contribution < -0.4 is 25.6 Å². The molecule has 0 unspecified atom stereocenters. The Labute approximate surface area is 196 Å². The van der Waals surface area contributed by atoms with Crippen molar-refractivity contribution in [1.82, 2.24) is 15.3 Å². The van der Waals surface area contributed by atoms with E-state index < -0.39 is 5.60 Å².